The molecular formula is C30H22Cl3FO2S2. The van der Waals surface area contributed by atoms with Gasteiger partial charge in [-0.15, -0.1) is 0 Å². The van der Waals surface area contributed by atoms with Gasteiger partial charge in [0.2, 0.25) is 0 Å². The number of hydrogen-bond donors (Lipinski definition) is 0. The van der Waals surface area contributed by atoms with Crippen molar-refractivity contribution < 1.29 is 12.8 Å². The first kappa shape index (κ1) is 28.5. The molecule has 38 heavy (non-hydrogen) atoms. The minimum atomic E-state index is -1.55. The molecule has 8 heteroatoms. The molecule has 0 fully saturated rings. The van der Waals surface area contributed by atoms with E-state index in [1.54, 1.807) is 72.1 Å². The van der Waals surface area contributed by atoms with Gasteiger partial charge >= 0.3 is 0 Å². The van der Waals surface area contributed by atoms with Crippen LogP contribution in [0, 0.1) is 5.82 Å². The second-order valence-corrected chi connectivity index (χ2v) is 12.4. The van der Waals surface area contributed by atoms with Gasteiger partial charge in [0.15, 0.2) is 0 Å². The molecule has 0 bridgehead atoms. The van der Waals surface area contributed by atoms with Gasteiger partial charge in [0, 0.05) is 31.0 Å². The van der Waals surface area contributed by atoms with Gasteiger partial charge in [0.25, 0.3) is 0 Å². The van der Waals surface area contributed by atoms with Crippen molar-refractivity contribution in [3.8, 4) is 0 Å². The van der Waals surface area contributed by atoms with Crippen molar-refractivity contribution in [1.82, 2.24) is 0 Å². The van der Waals surface area contributed by atoms with E-state index >= 15 is 0 Å². The van der Waals surface area contributed by atoms with E-state index in [9.17, 15) is 12.8 Å². The van der Waals surface area contributed by atoms with Crippen molar-refractivity contribution in [3.05, 3.63) is 151 Å². The van der Waals surface area contributed by atoms with Crippen LogP contribution in [0.4, 0.5) is 4.39 Å². The van der Waals surface area contributed by atoms with Crippen LogP contribution in [0.15, 0.2) is 107 Å². The molecule has 0 aliphatic rings. The normalized spacial score (nSPS) is 13.8. The average Bonchev–Trinajstić information content (AvgIpc) is 2.90. The molecule has 0 spiro atoms. The zero-order valence-electron chi connectivity index (χ0n) is 20.0. The van der Waals surface area contributed by atoms with Crippen LogP contribution in [0.3, 0.4) is 0 Å². The third kappa shape index (κ3) is 8.23. The lowest BCUT2D eigenvalue weighted by Gasteiger charge is -2.14. The van der Waals surface area contributed by atoms with Crippen molar-refractivity contribution in [1.29, 1.82) is 0 Å². The highest BCUT2D eigenvalue weighted by atomic mass is 35.5. The molecule has 0 radical (unpaired) electrons. The van der Waals surface area contributed by atoms with Gasteiger partial charge < -0.3 is 0 Å². The number of allylic oxidation sites excluding steroid dienone is 1. The molecule has 0 N–H and O–H groups in total. The fourth-order valence-electron chi connectivity index (χ4n) is 3.60. The van der Waals surface area contributed by atoms with Crippen LogP contribution in [0.5, 0.6) is 0 Å². The second kappa shape index (κ2) is 13.5. The number of benzene rings is 4. The van der Waals surface area contributed by atoms with Crippen molar-refractivity contribution in [3.63, 3.8) is 0 Å². The van der Waals surface area contributed by atoms with Crippen LogP contribution in [-0.2, 0) is 33.1 Å². The highest BCUT2D eigenvalue weighted by Crippen LogP contribution is 2.31. The van der Waals surface area contributed by atoms with Gasteiger partial charge in [-0.05, 0) is 76.9 Å². The van der Waals surface area contributed by atoms with Crippen LogP contribution in [-0.4, -0.2) is 8.42 Å². The van der Waals surface area contributed by atoms with E-state index in [-0.39, 0.29) is 17.3 Å². The summed E-state index contributed by atoms with van der Waals surface area (Å²) in [5.41, 5.74) is 3.60. The van der Waals surface area contributed by atoms with Crippen LogP contribution >= 0.6 is 34.8 Å². The van der Waals surface area contributed by atoms with E-state index in [0.29, 0.717) is 36.7 Å². The van der Waals surface area contributed by atoms with Crippen LogP contribution in [0.1, 0.15) is 22.3 Å². The van der Waals surface area contributed by atoms with Crippen LogP contribution in [0.25, 0.3) is 11.6 Å². The Kier molecular flexibility index (Phi) is 10.1. The summed E-state index contributed by atoms with van der Waals surface area (Å²) in [5.74, 6) is 0.0874. The minimum Gasteiger partial charge on any atom is -0.255 e. The van der Waals surface area contributed by atoms with Gasteiger partial charge in [0.1, 0.15) is 5.82 Å². The van der Waals surface area contributed by atoms with Crippen molar-refractivity contribution >= 4 is 68.1 Å². The molecule has 4 rings (SSSR count). The molecule has 4 aromatic carbocycles. The van der Waals surface area contributed by atoms with E-state index in [2.05, 4.69) is 0 Å². The molecule has 0 aliphatic heterocycles. The maximum absolute atomic E-state index is 13.9. The van der Waals surface area contributed by atoms with Gasteiger partial charge in [-0.1, -0.05) is 83.3 Å². The first-order chi connectivity index (χ1) is 18.3. The van der Waals surface area contributed by atoms with E-state index in [1.807, 2.05) is 24.3 Å². The van der Waals surface area contributed by atoms with Gasteiger partial charge in [0.05, 0.1) is 33.1 Å². The van der Waals surface area contributed by atoms with E-state index < -0.39 is 21.6 Å². The molecule has 0 saturated heterocycles. The molecule has 0 aromatic heterocycles. The SMILES string of the molecule is O=S(C=C(/C(=C\c1ccc(F)cc1)S(=O)Cc1ccc(Cl)cc1)c1ccc(Cl)cc1)Cc1ccc(Cl)cc1. The Hall–Kier alpha value is -2.54. The molecule has 4 aromatic rings. The molecule has 194 valence electrons. The fourth-order valence-corrected chi connectivity index (χ4v) is 6.53. The molecule has 2 unspecified atom stereocenters. The zero-order chi connectivity index (χ0) is 27.1. The summed E-state index contributed by atoms with van der Waals surface area (Å²) in [7, 11) is -3.00. The van der Waals surface area contributed by atoms with Crippen molar-refractivity contribution in [2.75, 3.05) is 0 Å². The fraction of sp³-hybridized carbons (Fsp3) is 0.0667. The topological polar surface area (TPSA) is 34.1 Å². The number of rotatable bonds is 9. The zero-order valence-corrected chi connectivity index (χ0v) is 23.9. The summed E-state index contributed by atoms with van der Waals surface area (Å²) in [6.45, 7) is 0. The number of hydrogen-bond acceptors (Lipinski definition) is 2. The van der Waals surface area contributed by atoms with E-state index in [0.717, 1.165) is 11.1 Å². The summed E-state index contributed by atoms with van der Waals surface area (Å²) in [5, 5.41) is 3.34. The lowest BCUT2D eigenvalue weighted by molar-refractivity contribution is 0.628. The summed E-state index contributed by atoms with van der Waals surface area (Å²) in [4.78, 5) is 0.457. The maximum atomic E-state index is 13.9. The molecule has 0 heterocycles. The van der Waals surface area contributed by atoms with Gasteiger partial charge in [-0.25, -0.2) is 4.39 Å². The molecule has 0 amide bonds. The Labute approximate surface area is 241 Å². The summed E-state index contributed by atoms with van der Waals surface area (Å²) in [6, 6.07) is 27.2. The van der Waals surface area contributed by atoms with Crippen molar-refractivity contribution in [2.45, 2.75) is 11.5 Å². The maximum Gasteiger partial charge on any atom is 0.123 e. The molecular weight excluding hydrogens is 582 g/mol. The summed E-state index contributed by atoms with van der Waals surface area (Å²) < 4.78 is 40.8. The van der Waals surface area contributed by atoms with Crippen LogP contribution in [0.2, 0.25) is 15.1 Å². The second-order valence-electron chi connectivity index (χ2n) is 8.37. The third-order valence-corrected chi connectivity index (χ3v) is 8.81. The quantitative estimate of drug-likeness (QED) is 0.179. The standard InChI is InChI=1S/C30H22Cl3FO2S2/c31-25-9-1-22(2-10-25)18-37(35)20-29(24-7-13-27(33)14-8-24)30(17-21-5-15-28(34)16-6-21)38(36)19-23-3-11-26(32)12-4-23/h1-17,20H,18-19H2/b29-20?,30-17+. The number of halogens is 4. The Morgan fingerprint density at radius 2 is 1.13 bits per heavy atom. The summed E-state index contributed by atoms with van der Waals surface area (Å²) in [6.07, 6.45) is 1.74. The third-order valence-electron chi connectivity index (χ3n) is 5.52. The Morgan fingerprint density at radius 1 is 0.658 bits per heavy atom. The smallest absolute Gasteiger partial charge is 0.123 e. The van der Waals surface area contributed by atoms with Gasteiger partial charge in [-0.3, -0.25) is 8.42 Å². The minimum absolute atomic E-state index is 0.207. The Morgan fingerprint density at radius 3 is 1.66 bits per heavy atom. The molecule has 2 atom stereocenters. The average molecular weight is 604 g/mol. The van der Waals surface area contributed by atoms with E-state index in [1.165, 1.54) is 12.1 Å². The predicted molar refractivity (Wildman–Crippen MR) is 160 cm³/mol. The highest BCUT2D eigenvalue weighted by Gasteiger charge is 2.18. The molecule has 2 nitrogen and oxygen atoms in total. The molecule has 0 saturated carbocycles. The first-order valence-electron chi connectivity index (χ1n) is 11.5. The highest BCUT2D eigenvalue weighted by molar-refractivity contribution is 7.89. The van der Waals surface area contributed by atoms with Gasteiger partial charge in [-0.2, -0.15) is 0 Å². The Balaban J connectivity index is 1.80. The lowest BCUT2D eigenvalue weighted by Crippen LogP contribution is -2.04. The van der Waals surface area contributed by atoms with Crippen molar-refractivity contribution in [2.24, 2.45) is 0 Å². The lowest BCUT2D eigenvalue weighted by atomic mass is 10.1. The monoisotopic (exact) mass is 602 g/mol. The van der Waals surface area contributed by atoms with E-state index in [4.69, 9.17) is 34.8 Å². The summed E-state index contributed by atoms with van der Waals surface area (Å²) >= 11 is 18.2. The largest absolute Gasteiger partial charge is 0.255 e. The van der Waals surface area contributed by atoms with Crippen LogP contribution < -0.4 is 0 Å². The molecule has 0 aliphatic carbocycles. The Bertz CT molecular complexity index is 1500. The predicted octanol–water partition coefficient (Wildman–Crippen LogP) is 9.07. The first-order valence-corrected chi connectivity index (χ1v) is 15.3.